The summed E-state index contributed by atoms with van der Waals surface area (Å²) in [5, 5.41) is 0. The Balaban J connectivity index is 1.65. The maximum absolute atomic E-state index is 6.13. The molecule has 0 N–H and O–H groups in total. The van der Waals surface area contributed by atoms with Crippen molar-refractivity contribution < 1.29 is 18.9 Å². The number of methoxy groups -OCH3 is 3. The first-order chi connectivity index (χ1) is 15.1. The van der Waals surface area contributed by atoms with E-state index in [1.807, 2.05) is 36.7 Å². The van der Waals surface area contributed by atoms with Crippen LogP contribution in [0.3, 0.4) is 0 Å². The largest absolute Gasteiger partial charge is 0.496 e. The number of aromatic nitrogens is 1. The predicted octanol–water partition coefficient (Wildman–Crippen LogP) is 4.56. The third-order valence-corrected chi connectivity index (χ3v) is 5.71. The number of nitrogens with zero attached hydrogens (tertiary/aromatic N) is 2. The number of hydrogen-bond acceptors (Lipinski definition) is 6. The van der Waals surface area contributed by atoms with Crippen molar-refractivity contribution >= 4 is 0 Å². The summed E-state index contributed by atoms with van der Waals surface area (Å²) < 4.78 is 22.7. The third-order valence-electron chi connectivity index (χ3n) is 5.71. The van der Waals surface area contributed by atoms with Gasteiger partial charge in [-0.3, -0.25) is 9.88 Å². The van der Waals surface area contributed by atoms with Crippen molar-refractivity contribution in [3.63, 3.8) is 0 Å². The average molecular weight is 421 g/mol. The highest BCUT2D eigenvalue weighted by Gasteiger charge is 2.24. The van der Waals surface area contributed by atoms with Crippen LogP contribution in [0.25, 0.3) is 11.1 Å². The SMILES string of the molecule is COc1cc(OC)c(OC)cc1CN1Cc2cc(-c3ccncc3)ccc2OC[C@@H]1C. The molecule has 1 atom stereocenters. The van der Waals surface area contributed by atoms with E-state index in [1.54, 1.807) is 21.3 Å². The summed E-state index contributed by atoms with van der Waals surface area (Å²) >= 11 is 0. The summed E-state index contributed by atoms with van der Waals surface area (Å²) in [6.07, 6.45) is 3.63. The minimum atomic E-state index is 0.231. The fraction of sp³-hybridized carbons (Fsp3) is 0.320. The molecule has 0 fully saturated rings. The van der Waals surface area contributed by atoms with Crippen molar-refractivity contribution in [3.05, 3.63) is 66.0 Å². The Morgan fingerprint density at radius 1 is 0.903 bits per heavy atom. The lowest BCUT2D eigenvalue weighted by Gasteiger charge is -2.27. The van der Waals surface area contributed by atoms with E-state index < -0.39 is 0 Å². The van der Waals surface area contributed by atoms with Gasteiger partial charge in [-0.1, -0.05) is 6.07 Å². The van der Waals surface area contributed by atoms with Gasteiger partial charge in [-0.05, 0) is 48.4 Å². The number of rotatable bonds is 6. The molecule has 6 heteroatoms. The van der Waals surface area contributed by atoms with Crippen LogP contribution in [-0.4, -0.2) is 43.9 Å². The Labute approximate surface area is 183 Å². The maximum Gasteiger partial charge on any atom is 0.164 e. The molecule has 0 saturated carbocycles. The van der Waals surface area contributed by atoms with Crippen molar-refractivity contribution in [3.8, 4) is 34.1 Å². The highest BCUT2D eigenvalue weighted by Crippen LogP contribution is 2.37. The predicted molar refractivity (Wildman–Crippen MR) is 120 cm³/mol. The molecule has 0 saturated heterocycles. The van der Waals surface area contributed by atoms with E-state index in [9.17, 15) is 0 Å². The number of benzene rings is 2. The van der Waals surface area contributed by atoms with Gasteiger partial charge in [-0.2, -0.15) is 0 Å². The molecular formula is C25H28N2O4. The zero-order valence-corrected chi connectivity index (χ0v) is 18.4. The zero-order chi connectivity index (χ0) is 21.8. The Kier molecular flexibility index (Phi) is 6.28. The van der Waals surface area contributed by atoms with Crippen LogP contribution in [-0.2, 0) is 13.1 Å². The zero-order valence-electron chi connectivity index (χ0n) is 18.4. The molecule has 1 aliphatic heterocycles. The molecule has 3 aromatic rings. The summed E-state index contributed by atoms with van der Waals surface area (Å²) in [7, 11) is 4.95. The minimum Gasteiger partial charge on any atom is -0.496 e. The summed E-state index contributed by atoms with van der Waals surface area (Å²) in [6, 6.07) is 14.5. The topological polar surface area (TPSA) is 53.0 Å². The lowest BCUT2D eigenvalue weighted by atomic mass is 10.0. The Bertz CT molecular complexity index is 1040. The smallest absolute Gasteiger partial charge is 0.164 e. The van der Waals surface area contributed by atoms with Gasteiger partial charge >= 0.3 is 0 Å². The van der Waals surface area contributed by atoms with Crippen molar-refractivity contribution in [2.24, 2.45) is 0 Å². The van der Waals surface area contributed by atoms with Gasteiger partial charge in [0, 0.05) is 48.7 Å². The molecule has 1 aromatic heterocycles. The van der Waals surface area contributed by atoms with Crippen LogP contribution in [0, 0.1) is 0 Å². The monoisotopic (exact) mass is 420 g/mol. The minimum absolute atomic E-state index is 0.231. The van der Waals surface area contributed by atoms with Crippen molar-refractivity contribution in [1.82, 2.24) is 9.88 Å². The number of hydrogen-bond donors (Lipinski definition) is 0. The highest BCUT2D eigenvalue weighted by molar-refractivity contribution is 5.65. The molecule has 0 aliphatic carbocycles. The van der Waals surface area contributed by atoms with Crippen molar-refractivity contribution in [1.29, 1.82) is 0 Å². The van der Waals surface area contributed by atoms with Crippen LogP contribution in [0.15, 0.2) is 54.9 Å². The third kappa shape index (κ3) is 4.44. The maximum atomic E-state index is 6.13. The second-order valence-electron chi connectivity index (χ2n) is 7.64. The lowest BCUT2D eigenvalue weighted by Crippen LogP contribution is -2.34. The highest BCUT2D eigenvalue weighted by atomic mass is 16.5. The Hall–Kier alpha value is -3.25. The second-order valence-corrected chi connectivity index (χ2v) is 7.64. The van der Waals surface area contributed by atoms with E-state index in [4.69, 9.17) is 18.9 Å². The summed E-state index contributed by atoms with van der Waals surface area (Å²) in [5.41, 5.74) is 4.50. The van der Waals surface area contributed by atoms with E-state index in [-0.39, 0.29) is 6.04 Å². The molecule has 31 heavy (non-hydrogen) atoms. The first kappa shape index (κ1) is 21.0. The summed E-state index contributed by atoms with van der Waals surface area (Å²) in [6.45, 7) is 4.28. The molecule has 1 aliphatic rings. The van der Waals surface area contributed by atoms with Crippen LogP contribution < -0.4 is 18.9 Å². The Morgan fingerprint density at radius 3 is 2.32 bits per heavy atom. The summed E-state index contributed by atoms with van der Waals surface area (Å²) in [4.78, 5) is 6.52. The van der Waals surface area contributed by atoms with Gasteiger partial charge in [0.25, 0.3) is 0 Å². The molecule has 6 nitrogen and oxygen atoms in total. The fourth-order valence-corrected chi connectivity index (χ4v) is 3.90. The molecule has 0 amide bonds. The van der Waals surface area contributed by atoms with Gasteiger partial charge in [0.1, 0.15) is 18.1 Å². The fourth-order valence-electron chi connectivity index (χ4n) is 3.90. The van der Waals surface area contributed by atoms with E-state index >= 15 is 0 Å². The van der Waals surface area contributed by atoms with Crippen LogP contribution in [0.5, 0.6) is 23.0 Å². The van der Waals surface area contributed by atoms with Gasteiger partial charge in [0.05, 0.1) is 21.3 Å². The first-order valence-electron chi connectivity index (χ1n) is 10.3. The second kappa shape index (κ2) is 9.27. The molecule has 0 radical (unpaired) electrons. The molecule has 0 spiro atoms. The molecular weight excluding hydrogens is 392 g/mol. The molecule has 2 aromatic carbocycles. The molecule has 0 bridgehead atoms. The van der Waals surface area contributed by atoms with Crippen LogP contribution in [0.4, 0.5) is 0 Å². The standard InChI is InChI=1S/C25H28N2O4/c1-17-16-31-22-6-5-19(18-7-9-26-10-8-18)11-20(22)14-27(17)15-21-12-24(29-3)25(30-4)13-23(21)28-2/h5-13,17H,14-16H2,1-4H3/t17-/m0/s1. The van der Waals surface area contributed by atoms with Crippen LogP contribution >= 0.6 is 0 Å². The van der Waals surface area contributed by atoms with Gasteiger partial charge < -0.3 is 18.9 Å². The average Bonchev–Trinajstić information content (AvgIpc) is 2.97. The van der Waals surface area contributed by atoms with Gasteiger partial charge in [-0.15, -0.1) is 0 Å². The molecule has 0 unspecified atom stereocenters. The summed E-state index contributed by atoms with van der Waals surface area (Å²) in [5.74, 6) is 3.06. The van der Waals surface area contributed by atoms with E-state index in [1.165, 1.54) is 0 Å². The molecule has 162 valence electrons. The van der Waals surface area contributed by atoms with E-state index in [0.29, 0.717) is 24.7 Å². The van der Waals surface area contributed by atoms with Crippen LogP contribution in [0.2, 0.25) is 0 Å². The van der Waals surface area contributed by atoms with Crippen LogP contribution in [0.1, 0.15) is 18.1 Å². The van der Waals surface area contributed by atoms with E-state index in [0.717, 1.165) is 40.3 Å². The van der Waals surface area contributed by atoms with Gasteiger partial charge in [0.2, 0.25) is 0 Å². The van der Waals surface area contributed by atoms with Crippen molar-refractivity contribution in [2.45, 2.75) is 26.1 Å². The number of fused-ring (bicyclic) bond motifs is 1. The molecule has 4 rings (SSSR count). The van der Waals surface area contributed by atoms with E-state index in [2.05, 4.69) is 35.0 Å². The number of pyridine rings is 1. The quantitative estimate of drug-likeness (QED) is 0.583. The Morgan fingerprint density at radius 2 is 1.61 bits per heavy atom. The lowest BCUT2D eigenvalue weighted by molar-refractivity contribution is 0.150. The van der Waals surface area contributed by atoms with Gasteiger partial charge in [0.15, 0.2) is 11.5 Å². The number of ether oxygens (including phenoxy) is 4. The normalized spacial score (nSPS) is 16.1. The molecule has 2 heterocycles. The first-order valence-corrected chi connectivity index (χ1v) is 10.3. The van der Waals surface area contributed by atoms with Crippen molar-refractivity contribution in [2.75, 3.05) is 27.9 Å². The van der Waals surface area contributed by atoms with Gasteiger partial charge in [-0.25, -0.2) is 0 Å².